The monoisotopic (exact) mass is 320 g/mol. The maximum absolute atomic E-state index is 13.0. The van der Waals surface area contributed by atoms with E-state index in [9.17, 15) is 4.39 Å². The Balaban J connectivity index is 1.28. The number of hydrogen-bond acceptors (Lipinski definition) is 3. The highest BCUT2D eigenvalue weighted by Gasteiger charge is 2.19. The first-order valence-electron chi connectivity index (χ1n) is 9.17. The summed E-state index contributed by atoms with van der Waals surface area (Å²) in [5.74, 6) is -0.159. The lowest BCUT2D eigenvalue weighted by atomic mass is 10.0. The fourth-order valence-electron chi connectivity index (χ4n) is 3.67. The van der Waals surface area contributed by atoms with Gasteiger partial charge in [-0.25, -0.2) is 4.39 Å². The number of nitrogens with one attached hydrogen (secondary N) is 1. The lowest BCUT2D eigenvalue weighted by molar-refractivity contribution is 0.102. The van der Waals surface area contributed by atoms with Gasteiger partial charge in [-0.1, -0.05) is 0 Å². The topological polar surface area (TPSA) is 24.5 Å². The zero-order valence-electron chi connectivity index (χ0n) is 14.0. The predicted molar refractivity (Wildman–Crippen MR) is 92.5 cm³/mol. The fraction of sp³-hybridized carbons (Fsp3) is 0.684. The van der Waals surface area contributed by atoms with Crippen LogP contribution in [0.4, 0.5) is 10.1 Å². The second-order valence-corrected chi connectivity index (χ2v) is 6.82. The Morgan fingerprint density at radius 2 is 1.87 bits per heavy atom. The van der Waals surface area contributed by atoms with Gasteiger partial charge >= 0.3 is 0 Å². The van der Waals surface area contributed by atoms with E-state index in [4.69, 9.17) is 4.74 Å². The molecule has 4 heteroatoms. The SMILES string of the molecule is Fc1ccc(N2CCC(NCCCC[C@H]3CCCO3)CC2)cc1. The van der Waals surface area contributed by atoms with Crippen LogP contribution >= 0.6 is 0 Å². The first kappa shape index (κ1) is 16.7. The van der Waals surface area contributed by atoms with E-state index < -0.39 is 0 Å². The van der Waals surface area contributed by atoms with Crippen LogP contribution in [0.1, 0.15) is 44.9 Å². The second kappa shape index (κ2) is 8.65. The molecule has 0 amide bonds. The van der Waals surface area contributed by atoms with Gasteiger partial charge in [-0.05, 0) is 75.8 Å². The number of nitrogens with zero attached hydrogens (tertiary/aromatic N) is 1. The number of unbranched alkanes of at least 4 members (excludes halogenated alkanes) is 1. The fourth-order valence-corrected chi connectivity index (χ4v) is 3.67. The Morgan fingerprint density at radius 3 is 2.57 bits per heavy atom. The van der Waals surface area contributed by atoms with E-state index in [1.54, 1.807) is 12.1 Å². The summed E-state index contributed by atoms with van der Waals surface area (Å²) in [4.78, 5) is 2.36. The average Bonchev–Trinajstić information content (AvgIpc) is 3.09. The van der Waals surface area contributed by atoms with Gasteiger partial charge in [0.1, 0.15) is 5.82 Å². The molecule has 0 bridgehead atoms. The van der Waals surface area contributed by atoms with Crippen LogP contribution < -0.4 is 10.2 Å². The minimum Gasteiger partial charge on any atom is -0.378 e. The lowest BCUT2D eigenvalue weighted by Crippen LogP contribution is -2.42. The summed E-state index contributed by atoms with van der Waals surface area (Å²) < 4.78 is 18.6. The van der Waals surface area contributed by atoms with Crippen molar-refractivity contribution in [2.75, 3.05) is 31.1 Å². The third kappa shape index (κ3) is 5.18. The van der Waals surface area contributed by atoms with Gasteiger partial charge in [0.25, 0.3) is 0 Å². The molecular formula is C19H29FN2O. The number of anilines is 1. The van der Waals surface area contributed by atoms with Crippen LogP contribution in [0.2, 0.25) is 0 Å². The molecule has 0 unspecified atom stereocenters. The molecule has 2 aliphatic heterocycles. The van der Waals surface area contributed by atoms with E-state index in [2.05, 4.69) is 10.2 Å². The van der Waals surface area contributed by atoms with Gasteiger partial charge in [-0.3, -0.25) is 0 Å². The van der Waals surface area contributed by atoms with Gasteiger partial charge in [0.05, 0.1) is 6.10 Å². The van der Waals surface area contributed by atoms with Crippen molar-refractivity contribution < 1.29 is 9.13 Å². The van der Waals surface area contributed by atoms with Crippen molar-refractivity contribution in [3.05, 3.63) is 30.1 Å². The number of piperidine rings is 1. The summed E-state index contributed by atoms with van der Waals surface area (Å²) in [5.41, 5.74) is 1.14. The van der Waals surface area contributed by atoms with Gasteiger partial charge < -0.3 is 15.0 Å². The largest absolute Gasteiger partial charge is 0.378 e. The van der Waals surface area contributed by atoms with Gasteiger partial charge in [0, 0.05) is 31.4 Å². The van der Waals surface area contributed by atoms with Crippen LogP contribution in [-0.2, 0) is 4.74 Å². The zero-order chi connectivity index (χ0) is 15.9. The number of hydrogen-bond donors (Lipinski definition) is 1. The lowest BCUT2D eigenvalue weighted by Gasteiger charge is -2.34. The Bertz CT molecular complexity index is 451. The summed E-state index contributed by atoms with van der Waals surface area (Å²) in [5, 5.41) is 3.70. The molecule has 2 aliphatic rings. The minimum atomic E-state index is -0.159. The molecule has 23 heavy (non-hydrogen) atoms. The maximum Gasteiger partial charge on any atom is 0.123 e. The van der Waals surface area contributed by atoms with Crippen molar-refractivity contribution in [3.63, 3.8) is 0 Å². The molecule has 2 heterocycles. The minimum absolute atomic E-state index is 0.159. The third-order valence-electron chi connectivity index (χ3n) is 5.10. The molecule has 0 aliphatic carbocycles. The highest BCUT2D eigenvalue weighted by molar-refractivity contribution is 5.46. The van der Waals surface area contributed by atoms with E-state index in [1.165, 1.54) is 44.9 Å². The Hall–Kier alpha value is -1.13. The van der Waals surface area contributed by atoms with Crippen molar-refractivity contribution in [1.29, 1.82) is 0 Å². The Morgan fingerprint density at radius 1 is 1.09 bits per heavy atom. The molecular weight excluding hydrogens is 291 g/mol. The number of rotatable bonds is 7. The van der Waals surface area contributed by atoms with Crippen molar-refractivity contribution in [2.24, 2.45) is 0 Å². The highest BCUT2D eigenvalue weighted by atomic mass is 19.1. The number of halogens is 1. The molecule has 0 saturated carbocycles. The van der Waals surface area contributed by atoms with E-state index in [0.29, 0.717) is 12.1 Å². The summed E-state index contributed by atoms with van der Waals surface area (Å²) in [7, 11) is 0. The summed E-state index contributed by atoms with van der Waals surface area (Å²) in [6.45, 7) is 4.20. The number of benzene rings is 1. The first-order valence-corrected chi connectivity index (χ1v) is 9.17. The Labute approximate surface area is 139 Å². The molecule has 0 spiro atoms. The highest BCUT2D eigenvalue weighted by Crippen LogP contribution is 2.21. The molecule has 2 saturated heterocycles. The van der Waals surface area contributed by atoms with Crippen molar-refractivity contribution in [1.82, 2.24) is 5.32 Å². The van der Waals surface area contributed by atoms with Crippen LogP contribution in [0.3, 0.4) is 0 Å². The Kier molecular flexibility index (Phi) is 6.29. The van der Waals surface area contributed by atoms with Crippen LogP contribution in [0.15, 0.2) is 24.3 Å². The summed E-state index contributed by atoms with van der Waals surface area (Å²) >= 11 is 0. The first-order chi connectivity index (χ1) is 11.3. The molecule has 128 valence electrons. The molecule has 1 N–H and O–H groups in total. The standard InChI is InChI=1S/C19H29FN2O/c20-16-6-8-18(9-7-16)22-13-10-17(11-14-22)21-12-2-1-4-19-5-3-15-23-19/h6-9,17,19,21H,1-5,10-15H2/t19-/m0/s1. The van der Waals surface area contributed by atoms with Gasteiger partial charge in [-0.2, -0.15) is 0 Å². The van der Waals surface area contributed by atoms with E-state index >= 15 is 0 Å². The normalized spacial score (nSPS) is 22.7. The van der Waals surface area contributed by atoms with Crippen molar-refractivity contribution in [2.45, 2.75) is 57.1 Å². The van der Waals surface area contributed by atoms with E-state index in [1.807, 2.05) is 12.1 Å². The van der Waals surface area contributed by atoms with Crippen LogP contribution in [0.25, 0.3) is 0 Å². The molecule has 0 radical (unpaired) electrons. The molecule has 3 nitrogen and oxygen atoms in total. The smallest absolute Gasteiger partial charge is 0.123 e. The molecule has 1 atom stereocenters. The molecule has 0 aromatic heterocycles. The van der Waals surface area contributed by atoms with E-state index in [0.717, 1.165) is 31.9 Å². The van der Waals surface area contributed by atoms with Crippen molar-refractivity contribution >= 4 is 5.69 Å². The van der Waals surface area contributed by atoms with Crippen LogP contribution in [-0.4, -0.2) is 38.4 Å². The molecule has 3 rings (SSSR count). The third-order valence-corrected chi connectivity index (χ3v) is 5.10. The molecule has 2 fully saturated rings. The predicted octanol–water partition coefficient (Wildman–Crippen LogP) is 3.73. The van der Waals surface area contributed by atoms with Gasteiger partial charge in [0.2, 0.25) is 0 Å². The van der Waals surface area contributed by atoms with Crippen molar-refractivity contribution in [3.8, 4) is 0 Å². The van der Waals surface area contributed by atoms with Crippen LogP contribution in [0, 0.1) is 5.82 Å². The second-order valence-electron chi connectivity index (χ2n) is 6.82. The molecule has 1 aromatic rings. The maximum atomic E-state index is 13.0. The van der Waals surface area contributed by atoms with Crippen LogP contribution in [0.5, 0.6) is 0 Å². The van der Waals surface area contributed by atoms with Gasteiger partial charge in [0.15, 0.2) is 0 Å². The van der Waals surface area contributed by atoms with E-state index in [-0.39, 0.29) is 5.82 Å². The number of ether oxygens (including phenoxy) is 1. The van der Waals surface area contributed by atoms with Gasteiger partial charge in [-0.15, -0.1) is 0 Å². The summed E-state index contributed by atoms with van der Waals surface area (Å²) in [6, 6.07) is 7.50. The quantitative estimate of drug-likeness (QED) is 0.775. The zero-order valence-corrected chi connectivity index (χ0v) is 14.0. The molecule has 1 aromatic carbocycles. The summed E-state index contributed by atoms with van der Waals surface area (Å²) in [6.07, 6.45) is 9.13. The average molecular weight is 320 g/mol.